The van der Waals surface area contributed by atoms with Crippen LogP contribution in [0.5, 0.6) is 0 Å². The molecule has 0 bridgehead atoms. The van der Waals surface area contributed by atoms with Crippen molar-refractivity contribution in [2.75, 3.05) is 10.6 Å². The Morgan fingerprint density at radius 3 is 2.50 bits per heavy atom. The van der Waals surface area contributed by atoms with Gasteiger partial charge in [0.15, 0.2) is 0 Å². The Morgan fingerprint density at radius 1 is 1.20 bits per heavy atom. The molecule has 1 aromatic heterocycles. The van der Waals surface area contributed by atoms with E-state index in [0.29, 0.717) is 11.6 Å². The topological polar surface area (TPSA) is 59.1 Å². The van der Waals surface area contributed by atoms with Gasteiger partial charge in [0, 0.05) is 18.3 Å². The average molecular weight is 311 g/mol. The Labute approximate surface area is 123 Å². The van der Waals surface area contributed by atoms with Gasteiger partial charge in [-0.05, 0) is 42.7 Å². The number of rotatable bonds is 5. The van der Waals surface area contributed by atoms with Gasteiger partial charge in [-0.2, -0.15) is 0 Å². The Bertz CT molecular complexity index is 685. The van der Waals surface area contributed by atoms with Crippen LogP contribution >= 0.6 is 11.6 Å². The highest BCUT2D eigenvalue weighted by Gasteiger charge is 2.14. The summed E-state index contributed by atoms with van der Waals surface area (Å²) >= 11 is 5.65. The van der Waals surface area contributed by atoms with Crippen LogP contribution in [0.2, 0.25) is 0 Å². The number of nitrogens with zero attached hydrogens (tertiary/aromatic N) is 1. The van der Waals surface area contributed by atoms with Crippen molar-refractivity contribution in [3.63, 3.8) is 0 Å². The molecule has 0 radical (unpaired) electrons. The van der Waals surface area contributed by atoms with Crippen LogP contribution in [-0.2, 0) is 16.4 Å². The normalized spacial score (nSPS) is 11.3. The van der Waals surface area contributed by atoms with Gasteiger partial charge < -0.3 is 0 Å². The van der Waals surface area contributed by atoms with Crippen LogP contribution in [0.3, 0.4) is 0 Å². The molecular weight excluding hydrogens is 296 g/mol. The summed E-state index contributed by atoms with van der Waals surface area (Å²) in [6, 6.07) is 8.35. The predicted octanol–water partition coefficient (Wildman–Crippen LogP) is 2.97. The minimum absolute atomic E-state index is 0.229. The highest BCUT2D eigenvalue weighted by molar-refractivity contribution is 7.92. The largest absolute Gasteiger partial charge is 0.279 e. The lowest BCUT2D eigenvalue weighted by molar-refractivity contribution is 0.601. The molecule has 4 nitrogen and oxygen atoms in total. The van der Waals surface area contributed by atoms with Crippen molar-refractivity contribution in [1.29, 1.82) is 0 Å². The van der Waals surface area contributed by atoms with Crippen molar-refractivity contribution in [2.45, 2.75) is 18.2 Å². The molecular formula is C14H15ClN2O2S. The number of pyridine rings is 1. The molecule has 0 amide bonds. The van der Waals surface area contributed by atoms with E-state index in [1.54, 1.807) is 49.6 Å². The maximum atomic E-state index is 12.3. The molecule has 0 unspecified atom stereocenters. The second kappa shape index (κ2) is 6.24. The van der Waals surface area contributed by atoms with E-state index >= 15 is 0 Å². The highest BCUT2D eigenvalue weighted by Crippen LogP contribution is 2.19. The fourth-order valence-electron chi connectivity index (χ4n) is 1.74. The van der Waals surface area contributed by atoms with E-state index in [1.807, 2.05) is 0 Å². The number of alkyl halides is 1. The Kier molecular flexibility index (Phi) is 4.62. The van der Waals surface area contributed by atoms with E-state index in [0.717, 1.165) is 17.5 Å². The summed E-state index contributed by atoms with van der Waals surface area (Å²) in [7, 11) is -3.58. The zero-order valence-electron chi connectivity index (χ0n) is 11.0. The summed E-state index contributed by atoms with van der Waals surface area (Å²) in [6.45, 7) is 1.80. The van der Waals surface area contributed by atoms with Crippen LogP contribution in [0.1, 0.15) is 11.1 Å². The first-order valence-electron chi connectivity index (χ1n) is 6.11. The van der Waals surface area contributed by atoms with Crippen LogP contribution in [0.25, 0.3) is 0 Å². The second-order valence-corrected chi connectivity index (χ2v) is 6.44. The molecule has 6 heteroatoms. The number of anilines is 1. The van der Waals surface area contributed by atoms with Crippen molar-refractivity contribution in [3.05, 3.63) is 53.9 Å². The first-order valence-corrected chi connectivity index (χ1v) is 8.13. The van der Waals surface area contributed by atoms with Gasteiger partial charge in [-0.1, -0.05) is 12.1 Å². The quantitative estimate of drug-likeness (QED) is 0.864. The van der Waals surface area contributed by atoms with Crippen LogP contribution < -0.4 is 4.72 Å². The molecule has 0 fully saturated rings. The van der Waals surface area contributed by atoms with E-state index in [-0.39, 0.29) is 4.90 Å². The van der Waals surface area contributed by atoms with E-state index in [9.17, 15) is 8.42 Å². The lowest BCUT2D eigenvalue weighted by atomic mass is 10.2. The monoisotopic (exact) mass is 310 g/mol. The van der Waals surface area contributed by atoms with E-state index in [1.165, 1.54) is 0 Å². The van der Waals surface area contributed by atoms with Crippen LogP contribution in [0.15, 0.2) is 47.6 Å². The second-order valence-electron chi connectivity index (χ2n) is 4.38. The zero-order valence-corrected chi connectivity index (χ0v) is 12.6. The van der Waals surface area contributed by atoms with Gasteiger partial charge in [-0.3, -0.25) is 9.71 Å². The average Bonchev–Trinajstić information content (AvgIpc) is 2.42. The first-order chi connectivity index (χ1) is 9.53. The zero-order chi connectivity index (χ0) is 14.6. The summed E-state index contributed by atoms with van der Waals surface area (Å²) in [6.07, 6.45) is 3.88. The third kappa shape index (κ3) is 3.49. The molecule has 0 aliphatic heterocycles. The molecule has 0 aliphatic carbocycles. The molecule has 1 heterocycles. The van der Waals surface area contributed by atoms with Crippen LogP contribution in [0, 0.1) is 6.92 Å². The molecule has 20 heavy (non-hydrogen) atoms. The number of nitrogens with one attached hydrogen (secondary N) is 1. The van der Waals surface area contributed by atoms with Crippen LogP contribution in [-0.4, -0.2) is 19.3 Å². The summed E-state index contributed by atoms with van der Waals surface area (Å²) in [5.41, 5.74) is 2.32. The van der Waals surface area contributed by atoms with Crippen molar-refractivity contribution in [2.24, 2.45) is 0 Å². The van der Waals surface area contributed by atoms with Crippen molar-refractivity contribution in [1.82, 2.24) is 4.98 Å². The van der Waals surface area contributed by atoms with Gasteiger partial charge in [-0.15, -0.1) is 11.6 Å². The maximum Gasteiger partial charge on any atom is 0.261 e. The molecule has 106 valence electrons. The fraction of sp³-hybridized carbons (Fsp3) is 0.214. The number of hydrogen-bond acceptors (Lipinski definition) is 3. The van der Waals surface area contributed by atoms with Gasteiger partial charge >= 0.3 is 0 Å². The SMILES string of the molecule is Cc1cnccc1NS(=O)(=O)c1ccc(CCCl)cc1. The summed E-state index contributed by atoms with van der Waals surface area (Å²) in [4.78, 5) is 4.16. The Hall–Kier alpha value is -1.59. The molecule has 0 atom stereocenters. The van der Waals surface area contributed by atoms with E-state index < -0.39 is 10.0 Å². The number of hydrogen-bond donors (Lipinski definition) is 1. The minimum Gasteiger partial charge on any atom is -0.279 e. The van der Waals surface area contributed by atoms with Gasteiger partial charge in [0.05, 0.1) is 10.6 Å². The molecule has 0 saturated heterocycles. The molecule has 0 aliphatic rings. The number of aryl methyl sites for hydroxylation is 2. The molecule has 1 aromatic carbocycles. The standard InChI is InChI=1S/C14H15ClN2O2S/c1-11-10-16-9-7-14(11)17-20(18,19)13-4-2-12(3-5-13)6-8-15/h2-5,7,9-10H,6,8H2,1H3,(H,16,17). The molecule has 2 aromatic rings. The maximum absolute atomic E-state index is 12.3. The smallest absolute Gasteiger partial charge is 0.261 e. The van der Waals surface area contributed by atoms with Gasteiger partial charge in [0.2, 0.25) is 0 Å². The highest BCUT2D eigenvalue weighted by atomic mass is 35.5. The fourth-order valence-corrected chi connectivity index (χ4v) is 3.08. The molecule has 2 rings (SSSR count). The predicted molar refractivity (Wildman–Crippen MR) is 80.6 cm³/mol. The van der Waals surface area contributed by atoms with Gasteiger partial charge in [0.1, 0.15) is 0 Å². The Morgan fingerprint density at radius 2 is 1.90 bits per heavy atom. The van der Waals surface area contributed by atoms with Gasteiger partial charge in [-0.25, -0.2) is 8.42 Å². The summed E-state index contributed by atoms with van der Waals surface area (Å²) < 4.78 is 27.1. The molecule has 0 saturated carbocycles. The van der Waals surface area contributed by atoms with Crippen molar-refractivity contribution >= 4 is 27.3 Å². The third-order valence-corrected chi connectivity index (χ3v) is 4.45. The number of benzene rings is 1. The molecule has 1 N–H and O–H groups in total. The van der Waals surface area contributed by atoms with E-state index in [2.05, 4.69) is 9.71 Å². The number of aromatic nitrogens is 1. The minimum atomic E-state index is -3.58. The van der Waals surface area contributed by atoms with Gasteiger partial charge in [0.25, 0.3) is 10.0 Å². The van der Waals surface area contributed by atoms with Crippen molar-refractivity contribution < 1.29 is 8.42 Å². The number of halogens is 1. The van der Waals surface area contributed by atoms with Crippen molar-refractivity contribution in [3.8, 4) is 0 Å². The third-order valence-electron chi connectivity index (χ3n) is 2.88. The summed E-state index contributed by atoms with van der Waals surface area (Å²) in [5, 5.41) is 0. The first kappa shape index (κ1) is 14.8. The summed E-state index contributed by atoms with van der Waals surface area (Å²) in [5.74, 6) is 0.514. The Balaban J connectivity index is 2.24. The number of sulfonamides is 1. The molecule has 0 spiro atoms. The lowest BCUT2D eigenvalue weighted by Gasteiger charge is -2.10. The van der Waals surface area contributed by atoms with E-state index in [4.69, 9.17) is 11.6 Å². The lowest BCUT2D eigenvalue weighted by Crippen LogP contribution is -2.13. The van der Waals surface area contributed by atoms with Crippen LogP contribution in [0.4, 0.5) is 5.69 Å².